The van der Waals surface area contributed by atoms with Gasteiger partial charge in [-0.1, -0.05) is 143 Å². The molecule has 0 spiro atoms. The molecule has 0 aromatic carbocycles. The summed E-state index contributed by atoms with van der Waals surface area (Å²) in [7, 11) is 5.87. The van der Waals surface area contributed by atoms with E-state index < -0.39 is 24.3 Å². The van der Waals surface area contributed by atoms with Gasteiger partial charge in [-0.15, -0.1) is 0 Å². The molecular weight excluding hydrogens is 743 g/mol. The van der Waals surface area contributed by atoms with Crippen LogP contribution in [-0.4, -0.2) is 82.3 Å². The molecule has 9 heteroatoms. The van der Waals surface area contributed by atoms with E-state index in [0.717, 1.165) is 77.0 Å². The Morgan fingerprint density at radius 1 is 0.508 bits per heavy atom. The Morgan fingerprint density at radius 2 is 0.932 bits per heavy atom. The number of esters is 2. The minimum Gasteiger partial charge on any atom is -0.545 e. The second kappa shape index (κ2) is 41.0. The van der Waals surface area contributed by atoms with Gasteiger partial charge in [0.15, 0.2) is 12.4 Å². The van der Waals surface area contributed by atoms with E-state index in [1.165, 1.54) is 19.3 Å². The number of ether oxygens (including phenoxy) is 4. The van der Waals surface area contributed by atoms with Crippen LogP contribution in [0.15, 0.2) is 97.2 Å². The first-order chi connectivity index (χ1) is 28.6. The predicted molar refractivity (Wildman–Crippen MR) is 241 cm³/mol. The number of hydrogen-bond donors (Lipinski definition) is 0. The predicted octanol–water partition coefficient (Wildman–Crippen LogP) is 10.5. The molecule has 0 aliphatic heterocycles. The van der Waals surface area contributed by atoms with Crippen LogP contribution < -0.4 is 5.11 Å². The van der Waals surface area contributed by atoms with Crippen LogP contribution in [0.1, 0.15) is 142 Å². The molecule has 0 amide bonds. The lowest BCUT2D eigenvalue weighted by atomic mass is 10.1. The Bertz CT molecular complexity index is 1280. The van der Waals surface area contributed by atoms with E-state index in [-0.39, 0.29) is 38.6 Å². The summed E-state index contributed by atoms with van der Waals surface area (Å²) in [6, 6.07) is 0. The van der Waals surface area contributed by atoms with Crippen molar-refractivity contribution in [3.63, 3.8) is 0 Å². The fraction of sp³-hybridized carbons (Fsp3) is 0.620. The number of aliphatic carboxylic acids is 1. The number of quaternary nitrogens is 1. The Labute approximate surface area is 359 Å². The first-order valence-corrected chi connectivity index (χ1v) is 22.4. The number of unbranched alkanes of at least 4 members (excludes halogenated alkanes) is 8. The largest absolute Gasteiger partial charge is 0.545 e. The first-order valence-electron chi connectivity index (χ1n) is 22.4. The summed E-state index contributed by atoms with van der Waals surface area (Å²) in [4.78, 5) is 37.0. The summed E-state index contributed by atoms with van der Waals surface area (Å²) in [6.07, 6.45) is 50.2. The van der Waals surface area contributed by atoms with Gasteiger partial charge < -0.3 is 33.3 Å². The van der Waals surface area contributed by atoms with Gasteiger partial charge in [-0.25, -0.2) is 0 Å². The van der Waals surface area contributed by atoms with Crippen molar-refractivity contribution in [2.45, 2.75) is 155 Å². The Balaban J connectivity index is 4.57. The molecule has 0 aromatic rings. The number of rotatable bonds is 39. The third kappa shape index (κ3) is 42.1. The molecule has 0 fully saturated rings. The molecule has 2 unspecified atom stereocenters. The molecule has 0 rings (SSSR count). The third-order valence-corrected chi connectivity index (χ3v) is 8.83. The Kier molecular flexibility index (Phi) is 38.3. The average Bonchev–Trinajstić information content (AvgIpc) is 3.19. The molecule has 0 saturated heterocycles. The van der Waals surface area contributed by atoms with Gasteiger partial charge in [0.25, 0.3) is 0 Å². The van der Waals surface area contributed by atoms with Crippen molar-refractivity contribution >= 4 is 17.9 Å². The Morgan fingerprint density at radius 3 is 1.41 bits per heavy atom. The van der Waals surface area contributed by atoms with Crippen LogP contribution in [0.3, 0.4) is 0 Å². The van der Waals surface area contributed by atoms with Gasteiger partial charge in [0, 0.05) is 12.8 Å². The lowest BCUT2D eigenvalue weighted by molar-refractivity contribution is -0.870. The number of carboxylic acid groups (broad SMARTS) is 1. The number of carboxylic acids is 1. The van der Waals surface area contributed by atoms with Gasteiger partial charge in [-0.3, -0.25) is 9.59 Å². The number of nitrogens with zero attached hydrogens (tertiary/aromatic N) is 1. The van der Waals surface area contributed by atoms with E-state index in [1.807, 2.05) is 27.2 Å². The summed E-state index contributed by atoms with van der Waals surface area (Å²) in [5, 5.41) is 11.7. The highest BCUT2D eigenvalue weighted by atomic mass is 16.7. The zero-order valence-corrected chi connectivity index (χ0v) is 37.6. The van der Waals surface area contributed by atoms with Crippen LogP contribution in [0.4, 0.5) is 0 Å². The van der Waals surface area contributed by atoms with Crippen molar-refractivity contribution in [3.8, 4) is 0 Å². The highest BCUT2D eigenvalue weighted by molar-refractivity contribution is 5.70. The molecule has 0 heterocycles. The summed E-state index contributed by atoms with van der Waals surface area (Å²) in [5.41, 5.74) is 0. The topological polar surface area (TPSA) is 111 Å². The quantitative estimate of drug-likeness (QED) is 0.0198. The van der Waals surface area contributed by atoms with Gasteiger partial charge in [0.2, 0.25) is 0 Å². The fourth-order valence-electron chi connectivity index (χ4n) is 5.41. The van der Waals surface area contributed by atoms with Crippen LogP contribution in [0, 0.1) is 0 Å². The normalized spacial score (nSPS) is 13.8. The van der Waals surface area contributed by atoms with E-state index in [2.05, 4.69) is 105 Å². The van der Waals surface area contributed by atoms with Crippen molar-refractivity contribution in [3.05, 3.63) is 97.2 Å². The molecular formula is C50H81NO8. The van der Waals surface area contributed by atoms with Crippen LogP contribution in [0.5, 0.6) is 0 Å². The molecule has 0 aliphatic carbocycles. The molecule has 0 saturated carbocycles. The molecule has 0 radical (unpaired) electrons. The van der Waals surface area contributed by atoms with Crippen molar-refractivity contribution < 1.29 is 42.9 Å². The van der Waals surface area contributed by atoms with E-state index in [9.17, 15) is 19.5 Å². The lowest BCUT2D eigenvalue weighted by Gasteiger charge is -2.26. The van der Waals surface area contributed by atoms with Gasteiger partial charge in [-0.05, 0) is 83.5 Å². The minimum atomic E-state index is -1.64. The summed E-state index contributed by atoms with van der Waals surface area (Å²) in [5.74, 6) is -2.40. The maximum atomic E-state index is 12.7. The highest BCUT2D eigenvalue weighted by Crippen LogP contribution is 2.12. The first kappa shape index (κ1) is 55.2. The SMILES string of the molecule is CC/C=C\C/C=C\C/C=C\C/C=C\C/C=C\CCCC(=O)OC(COC(=O)CCCCCCCCC/C=C\C/C=C\C/C=C\CC)COC(OCC[N+](C)(C)C)C(=O)[O-]. The minimum absolute atomic E-state index is 0.130. The molecule has 0 aromatic heterocycles. The number of carbonyl (C=O) groups is 3. The molecule has 9 nitrogen and oxygen atoms in total. The summed E-state index contributed by atoms with van der Waals surface area (Å²) in [6.45, 7) is 4.40. The zero-order valence-electron chi connectivity index (χ0n) is 37.6. The second-order valence-electron chi connectivity index (χ2n) is 15.6. The van der Waals surface area contributed by atoms with Crippen molar-refractivity contribution in [2.24, 2.45) is 0 Å². The van der Waals surface area contributed by atoms with E-state index >= 15 is 0 Å². The molecule has 0 aliphatic rings. The maximum absolute atomic E-state index is 12.7. The zero-order chi connectivity index (χ0) is 43.5. The molecule has 0 N–H and O–H groups in total. The standard InChI is InChI=1S/C50H81NO8/c1-6-8-10-12-14-16-18-20-22-24-26-28-30-32-34-36-38-40-47(52)57-44-46(45-58-50(49(54)55)56-43-42-51(3,4)5)59-48(53)41-39-37-35-33-31-29-27-25-23-21-19-17-15-13-11-9-7-2/h8-11,14-17,20-23,27,29,33,35,46,50H,6-7,12-13,18-19,24-26,28,30-32,34,36-45H2,1-5H3/b10-8-,11-9-,16-14-,17-15-,22-20-,23-21-,29-27-,35-33-. The number of allylic oxidation sites excluding steroid dienone is 16. The van der Waals surface area contributed by atoms with Crippen molar-refractivity contribution in [1.29, 1.82) is 0 Å². The van der Waals surface area contributed by atoms with Gasteiger partial charge >= 0.3 is 11.9 Å². The maximum Gasteiger partial charge on any atom is 0.306 e. The summed E-state index contributed by atoms with van der Waals surface area (Å²) >= 11 is 0. The molecule has 2 atom stereocenters. The van der Waals surface area contributed by atoms with E-state index in [0.29, 0.717) is 30.3 Å². The fourth-order valence-corrected chi connectivity index (χ4v) is 5.41. The summed E-state index contributed by atoms with van der Waals surface area (Å²) < 4.78 is 22.5. The lowest BCUT2D eigenvalue weighted by Crippen LogP contribution is -2.44. The number of carbonyl (C=O) groups excluding carboxylic acids is 3. The third-order valence-electron chi connectivity index (χ3n) is 8.83. The molecule has 334 valence electrons. The van der Waals surface area contributed by atoms with Crippen LogP contribution in [-0.2, 0) is 33.3 Å². The van der Waals surface area contributed by atoms with E-state index in [4.69, 9.17) is 18.9 Å². The van der Waals surface area contributed by atoms with Crippen molar-refractivity contribution in [1.82, 2.24) is 0 Å². The highest BCUT2D eigenvalue weighted by Gasteiger charge is 2.21. The van der Waals surface area contributed by atoms with Gasteiger partial charge in [0.05, 0.1) is 40.3 Å². The number of likely N-dealkylation sites (N-methyl/N-ethyl adjacent to an activating group) is 1. The number of hydrogen-bond acceptors (Lipinski definition) is 8. The second-order valence-corrected chi connectivity index (χ2v) is 15.6. The van der Waals surface area contributed by atoms with Gasteiger partial charge in [-0.2, -0.15) is 0 Å². The van der Waals surface area contributed by atoms with Crippen LogP contribution >= 0.6 is 0 Å². The van der Waals surface area contributed by atoms with E-state index in [1.54, 1.807) is 0 Å². The Hall–Kier alpha value is -3.79. The smallest absolute Gasteiger partial charge is 0.306 e. The van der Waals surface area contributed by atoms with Crippen LogP contribution in [0.2, 0.25) is 0 Å². The molecule has 0 bridgehead atoms. The molecule has 59 heavy (non-hydrogen) atoms. The monoisotopic (exact) mass is 824 g/mol. The van der Waals surface area contributed by atoms with Crippen LogP contribution in [0.25, 0.3) is 0 Å². The van der Waals surface area contributed by atoms with Gasteiger partial charge in [0.1, 0.15) is 13.2 Å². The van der Waals surface area contributed by atoms with Crippen molar-refractivity contribution in [2.75, 3.05) is 47.5 Å². The average molecular weight is 824 g/mol.